The van der Waals surface area contributed by atoms with E-state index in [4.69, 9.17) is 11.5 Å². The van der Waals surface area contributed by atoms with Crippen molar-refractivity contribution >= 4 is 11.8 Å². The zero-order valence-electron chi connectivity index (χ0n) is 11.0. The highest BCUT2D eigenvalue weighted by Crippen LogP contribution is 2.28. The highest BCUT2D eigenvalue weighted by atomic mass is 16.2. The third kappa shape index (κ3) is 6.00. The van der Waals surface area contributed by atoms with E-state index in [-0.39, 0.29) is 17.4 Å². The van der Waals surface area contributed by atoms with Gasteiger partial charge in [-0.2, -0.15) is 0 Å². The fourth-order valence-electron chi connectivity index (χ4n) is 2.47. The maximum atomic E-state index is 11.7. The molecule has 0 atom stereocenters. The van der Waals surface area contributed by atoms with Crippen LogP contribution in [0.4, 0.5) is 0 Å². The number of hydrogen-bond acceptors (Lipinski definition) is 3. The molecule has 0 unspecified atom stereocenters. The Morgan fingerprint density at radius 3 is 2.39 bits per heavy atom. The average Bonchev–Trinajstić information content (AvgIpc) is 2.28. The van der Waals surface area contributed by atoms with Gasteiger partial charge in [0.25, 0.3) is 0 Å². The Kier molecular flexibility index (Phi) is 6.12. The molecule has 0 heterocycles. The first-order valence-electron chi connectivity index (χ1n) is 6.86. The van der Waals surface area contributed by atoms with E-state index in [0.717, 1.165) is 38.5 Å². The third-order valence-corrected chi connectivity index (χ3v) is 3.53. The molecule has 5 nitrogen and oxygen atoms in total. The summed E-state index contributed by atoms with van der Waals surface area (Å²) in [6.45, 7) is 0.599. The lowest BCUT2D eigenvalue weighted by atomic mass is 9.80. The van der Waals surface area contributed by atoms with E-state index in [1.54, 1.807) is 0 Å². The van der Waals surface area contributed by atoms with Gasteiger partial charge in [-0.15, -0.1) is 0 Å². The number of amides is 2. The molecule has 5 heteroatoms. The minimum absolute atomic E-state index is 0.0264. The average molecular weight is 255 g/mol. The van der Waals surface area contributed by atoms with Crippen molar-refractivity contribution in [1.82, 2.24) is 5.32 Å². The summed E-state index contributed by atoms with van der Waals surface area (Å²) in [7, 11) is 0. The second kappa shape index (κ2) is 7.36. The quantitative estimate of drug-likeness (QED) is 0.587. The summed E-state index contributed by atoms with van der Waals surface area (Å²) in [5.41, 5.74) is 10.9. The summed E-state index contributed by atoms with van der Waals surface area (Å²) >= 11 is 0. The molecule has 1 rings (SSSR count). The molecule has 5 N–H and O–H groups in total. The Hall–Kier alpha value is -1.10. The topological polar surface area (TPSA) is 98.2 Å². The van der Waals surface area contributed by atoms with Crippen LogP contribution in [0.15, 0.2) is 0 Å². The van der Waals surface area contributed by atoms with Crippen molar-refractivity contribution in [3.8, 4) is 0 Å². The first kappa shape index (κ1) is 15.0. The fraction of sp³-hybridized carbons (Fsp3) is 0.846. The van der Waals surface area contributed by atoms with E-state index in [1.165, 1.54) is 6.42 Å². The number of carbonyl (C=O) groups is 2. The molecule has 0 aromatic carbocycles. The first-order valence-corrected chi connectivity index (χ1v) is 6.86. The molecule has 18 heavy (non-hydrogen) atoms. The van der Waals surface area contributed by atoms with Gasteiger partial charge in [-0.1, -0.05) is 19.3 Å². The number of nitrogens with one attached hydrogen (secondary N) is 1. The van der Waals surface area contributed by atoms with Gasteiger partial charge < -0.3 is 16.8 Å². The standard InChI is InChI=1S/C13H25N3O2/c14-11(17)6-2-5-9-16-12(18)10-13(15)7-3-1-4-8-13/h1-10,15H2,(H2,14,17)(H,16,18). The number of carbonyl (C=O) groups excluding carboxylic acids is 2. The van der Waals surface area contributed by atoms with Crippen LogP contribution in [0.5, 0.6) is 0 Å². The molecule has 2 amide bonds. The minimum atomic E-state index is -0.296. The monoisotopic (exact) mass is 255 g/mol. The van der Waals surface area contributed by atoms with Crippen LogP contribution in [0.1, 0.15) is 57.8 Å². The van der Waals surface area contributed by atoms with Crippen molar-refractivity contribution in [1.29, 1.82) is 0 Å². The number of hydrogen-bond donors (Lipinski definition) is 3. The van der Waals surface area contributed by atoms with Gasteiger partial charge in [-0.3, -0.25) is 9.59 Å². The zero-order chi connectivity index (χ0) is 13.4. The van der Waals surface area contributed by atoms with Crippen molar-refractivity contribution < 1.29 is 9.59 Å². The number of unbranched alkanes of at least 4 members (excludes halogenated alkanes) is 1. The summed E-state index contributed by atoms with van der Waals surface area (Å²) < 4.78 is 0. The lowest BCUT2D eigenvalue weighted by Gasteiger charge is -2.32. The van der Waals surface area contributed by atoms with Crippen molar-refractivity contribution in [3.63, 3.8) is 0 Å². The smallest absolute Gasteiger partial charge is 0.221 e. The van der Waals surface area contributed by atoms with Crippen molar-refractivity contribution in [2.75, 3.05) is 6.54 Å². The number of nitrogens with two attached hydrogens (primary N) is 2. The van der Waals surface area contributed by atoms with Gasteiger partial charge in [0.1, 0.15) is 0 Å². The van der Waals surface area contributed by atoms with Gasteiger partial charge >= 0.3 is 0 Å². The van der Waals surface area contributed by atoms with E-state index in [2.05, 4.69) is 5.32 Å². The highest BCUT2D eigenvalue weighted by Gasteiger charge is 2.29. The van der Waals surface area contributed by atoms with Crippen LogP contribution in [-0.4, -0.2) is 23.9 Å². The number of rotatable bonds is 7. The van der Waals surface area contributed by atoms with E-state index in [1.807, 2.05) is 0 Å². The highest BCUT2D eigenvalue weighted by molar-refractivity contribution is 5.77. The van der Waals surface area contributed by atoms with Crippen LogP contribution in [0, 0.1) is 0 Å². The van der Waals surface area contributed by atoms with Gasteiger partial charge in [0.2, 0.25) is 11.8 Å². The van der Waals surface area contributed by atoms with Crippen molar-refractivity contribution in [3.05, 3.63) is 0 Å². The maximum Gasteiger partial charge on any atom is 0.221 e. The normalized spacial score (nSPS) is 18.3. The van der Waals surface area contributed by atoms with Gasteiger partial charge in [0.15, 0.2) is 0 Å². The lowest BCUT2D eigenvalue weighted by Crippen LogP contribution is -2.46. The fourth-order valence-corrected chi connectivity index (χ4v) is 2.47. The Labute approximate surface area is 109 Å². The Bertz CT molecular complexity index is 286. The molecule has 0 aromatic heterocycles. The minimum Gasteiger partial charge on any atom is -0.370 e. The van der Waals surface area contributed by atoms with E-state index >= 15 is 0 Å². The molecule has 0 aromatic rings. The molecule has 0 radical (unpaired) electrons. The summed E-state index contributed by atoms with van der Waals surface area (Å²) in [6, 6.07) is 0. The molecule has 1 fully saturated rings. The van der Waals surface area contributed by atoms with Crippen LogP contribution in [-0.2, 0) is 9.59 Å². The SMILES string of the molecule is NC(=O)CCCCNC(=O)CC1(N)CCCCC1. The number of primary amides is 1. The van der Waals surface area contributed by atoms with E-state index < -0.39 is 0 Å². The molecule has 1 aliphatic carbocycles. The van der Waals surface area contributed by atoms with Crippen molar-refractivity contribution in [2.24, 2.45) is 11.5 Å². The molecule has 0 saturated heterocycles. The Morgan fingerprint density at radius 2 is 1.78 bits per heavy atom. The summed E-state index contributed by atoms with van der Waals surface area (Å²) in [5, 5.41) is 2.86. The summed E-state index contributed by atoms with van der Waals surface area (Å²) in [6.07, 6.45) is 7.69. The molecule has 104 valence electrons. The van der Waals surface area contributed by atoms with Crippen molar-refractivity contribution in [2.45, 2.75) is 63.3 Å². The Balaban J connectivity index is 2.11. The molecule has 0 bridgehead atoms. The summed E-state index contributed by atoms with van der Waals surface area (Å²) in [5.74, 6) is -0.261. The molecule has 1 aliphatic rings. The van der Waals surface area contributed by atoms with Crippen LogP contribution in [0.25, 0.3) is 0 Å². The van der Waals surface area contributed by atoms with Crippen LogP contribution in [0.2, 0.25) is 0 Å². The second-order valence-corrected chi connectivity index (χ2v) is 5.37. The lowest BCUT2D eigenvalue weighted by molar-refractivity contribution is -0.122. The molecular formula is C13H25N3O2. The van der Waals surface area contributed by atoms with Gasteiger partial charge in [-0.05, 0) is 25.7 Å². The predicted octanol–water partition coefficient (Wildman–Crippen LogP) is 0.810. The van der Waals surface area contributed by atoms with Crippen LogP contribution < -0.4 is 16.8 Å². The summed E-state index contributed by atoms with van der Waals surface area (Å²) in [4.78, 5) is 22.3. The van der Waals surface area contributed by atoms with Crippen LogP contribution >= 0.6 is 0 Å². The second-order valence-electron chi connectivity index (χ2n) is 5.37. The van der Waals surface area contributed by atoms with Gasteiger partial charge in [0, 0.05) is 24.9 Å². The first-order chi connectivity index (χ1) is 8.52. The molecule has 0 aliphatic heterocycles. The van der Waals surface area contributed by atoms with Gasteiger partial charge in [0.05, 0.1) is 0 Å². The third-order valence-electron chi connectivity index (χ3n) is 3.53. The molecular weight excluding hydrogens is 230 g/mol. The molecule has 0 spiro atoms. The van der Waals surface area contributed by atoms with E-state index in [9.17, 15) is 9.59 Å². The van der Waals surface area contributed by atoms with E-state index in [0.29, 0.717) is 19.4 Å². The maximum absolute atomic E-state index is 11.7. The largest absolute Gasteiger partial charge is 0.370 e. The molecule has 1 saturated carbocycles. The van der Waals surface area contributed by atoms with Crippen LogP contribution in [0.3, 0.4) is 0 Å². The zero-order valence-corrected chi connectivity index (χ0v) is 11.0. The predicted molar refractivity (Wildman–Crippen MR) is 70.7 cm³/mol. The van der Waals surface area contributed by atoms with Gasteiger partial charge in [-0.25, -0.2) is 0 Å². The Morgan fingerprint density at radius 1 is 1.11 bits per heavy atom.